The highest BCUT2D eigenvalue weighted by Gasteiger charge is 2.29. The first-order chi connectivity index (χ1) is 18.2. The van der Waals surface area contributed by atoms with Gasteiger partial charge in [0, 0.05) is 38.0 Å². The Labute approximate surface area is 218 Å². The lowest BCUT2D eigenvalue weighted by molar-refractivity contribution is -0.128. The van der Waals surface area contributed by atoms with E-state index in [0.29, 0.717) is 24.3 Å². The third kappa shape index (κ3) is 7.73. The van der Waals surface area contributed by atoms with Gasteiger partial charge in [0.1, 0.15) is 29.3 Å². The molecule has 1 fully saturated rings. The number of benzene rings is 1. The Morgan fingerprint density at radius 1 is 1.29 bits per heavy atom. The highest BCUT2D eigenvalue weighted by molar-refractivity contribution is 5.98. The smallest absolute Gasteiger partial charge is 0.274 e. The molecule has 3 unspecified atom stereocenters. The number of aromatic nitrogens is 1. The van der Waals surface area contributed by atoms with Gasteiger partial charge >= 0.3 is 0 Å². The summed E-state index contributed by atoms with van der Waals surface area (Å²) in [5, 5.41) is 23.7. The van der Waals surface area contributed by atoms with Gasteiger partial charge in [0.25, 0.3) is 11.8 Å². The monoisotopic (exact) mass is 524 g/mol. The topological polar surface area (TPSA) is 166 Å². The van der Waals surface area contributed by atoms with E-state index < -0.39 is 41.5 Å². The molecule has 1 aromatic heterocycles. The van der Waals surface area contributed by atoms with Crippen LogP contribution in [0.3, 0.4) is 0 Å². The van der Waals surface area contributed by atoms with Crippen LogP contribution in [-0.4, -0.2) is 54.5 Å². The molecule has 3 atom stereocenters. The van der Waals surface area contributed by atoms with Gasteiger partial charge in [-0.25, -0.2) is 4.39 Å². The van der Waals surface area contributed by atoms with Gasteiger partial charge in [-0.05, 0) is 50.0 Å². The molecule has 1 aliphatic rings. The van der Waals surface area contributed by atoms with Crippen LogP contribution in [0.4, 0.5) is 4.39 Å². The zero-order valence-electron chi connectivity index (χ0n) is 21.0. The summed E-state index contributed by atoms with van der Waals surface area (Å²) >= 11 is 0. The molecule has 0 radical (unpaired) electrons. The van der Waals surface area contributed by atoms with Crippen LogP contribution < -0.4 is 21.3 Å². The number of carbonyl (C=O) groups excluding carboxylic acids is 4. The van der Waals surface area contributed by atoms with Crippen LogP contribution >= 0.6 is 0 Å². The second-order valence-electron chi connectivity index (χ2n) is 8.93. The molecule has 38 heavy (non-hydrogen) atoms. The van der Waals surface area contributed by atoms with Crippen molar-refractivity contribution in [2.75, 3.05) is 13.6 Å². The van der Waals surface area contributed by atoms with E-state index >= 15 is 0 Å². The van der Waals surface area contributed by atoms with Gasteiger partial charge in [0.2, 0.25) is 11.8 Å². The van der Waals surface area contributed by atoms with Crippen molar-refractivity contribution in [3.63, 3.8) is 0 Å². The molecule has 12 heteroatoms. The number of aryl methyl sites for hydroxylation is 1. The molecule has 0 bridgehead atoms. The van der Waals surface area contributed by atoms with Gasteiger partial charge in [0.15, 0.2) is 5.69 Å². The number of halogens is 1. The molecule has 2 aromatic rings. The van der Waals surface area contributed by atoms with E-state index in [-0.39, 0.29) is 30.0 Å². The molecule has 3 rings (SSSR count). The average Bonchev–Trinajstić information content (AvgIpc) is 3.35. The molecular weight excluding hydrogens is 495 g/mol. The number of hydrogen-bond acceptors (Lipinski definition) is 7. The first-order valence-corrected chi connectivity index (χ1v) is 12.1. The van der Waals surface area contributed by atoms with Gasteiger partial charge < -0.3 is 25.8 Å². The zero-order valence-corrected chi connectivity index (χ0v) is 21.0. The van der Waals surface area contributed by atoms with Gasteiger partial charge in [-0.3, -0.25) is 19.2 Å². The van der Waals surface area contributed by atoms with Crippen molar-refractivity contribution in [3.05, 3.63) is 64.8 Å². The van der Waals surface area contributed by atoms with Crippen LogP contribution in [0.15, 0.2) is 46.5 Å². The molecule has 0 aliphatic carbocycles. The normalized spacial score (nSPS) is 16.9. The highest BCUT2D eigenvalue weighted by Crippen LogP contribution is 2.19. The summed E-state index contributed by atoms with van der Waals surface area (Å²) in [6.07, 6.45) is 2.78. The number of carbonyl (C=O) groups is 4. The molecule has 1 saturated heterocycles. The van der Waals surface area contributed by atoms with Crippen LogP contribution in [0.2, 0.25) is 0 Å². The zero-order chi connectivity index (χ0) is 27.7. The third-order valence-corrected chi connectivity index (χ3v) is 6.06. The number of nitrogens with zero attached hydrogens (tertiary/aromatic N) is 2. The predicted molar refractivity (Wildman–Crippen MR) is 133 cm³/mol. The van der Waals surface area contributed by atoms with Gasteiger partial charge in [-0.15, -0.1) is 0 Å². The third-order valence-electron chi connectivity index (χ3n) is 6.06. The Balaban J connectivity index is 1.87. The summed E-state index contributed by atoms with van der Waals surface area (Å²) in [4.78, 5) is 50.8. The summed E-state index contributed by atoms with van der Waals surface area (Å²) in [6, 6.07) is 6.68. The number of piperidine rings is 1. The predicted octanol–water partition coefficient (Wildman–Crippen LogP) is 1.06. The molecule has 11 nitrogen and oxygen atoms in total. The number of amides is 4. The molecule has 200 valence electrons. The second-order valence-corrected chi connectivity index (χ2v) is 8.93. The lowest BCUT2D eigenvalue weighted by atomic mass is 9.90. The summed E-state index contributed by atoms with van der Waals surface area (Å²) in [7, 11) is 1.37. The number of hydrogen-bond donors (Lipinski definition) is 4. The van der Waals surface area contributed by atoms with Crippen molar-refractivity contribution in [1.82, 2.24) is 26.4 Å². The fraction of sp³-hybridized carbons (Fsp3) is 0.385. The molecule has 1 aromatic carbocycles. The first kappa shape index (κ1) is 28.0. The quantitative estimate of drug-likeness (QED) is 0.266. The van der Waals surface area contributed by atoms with E-state index in [1.54, 1.807) is 6.92 Å². The van der Waals surface area contributed by atoms with Crippen molar-refractivity contribution in [2.24, 2.45) is 5.92 Å². The molecule has 2 heterocycles. The number of nitrogens with one attached hydrogen (secondary N) is 4. The van der Waals surface area contributed by atoms with E-state index in [1.165, 1.54) is 43.5 Å². The average molecular weight is 525 g/mol. The van der Waals surface area contributed by atoms with Crippen molar-refractivity contribution in [3.8, 4) is 6.07 Å². The van der Waals surface area contributed by atoms with E-state index in [4.69, 9.17) is 4.52 Å². The minimum absolute atomic E-state index is 0.00951. The Hall–Kier alpha value is -4.53. The fourth-order valence-electron chi connectivity index (χ4n) is 4.09. The van der Waals surface area contributed by atoms with E-state index in [9.17, 15) is 28.8 Å². The lowest BCUT2D eigenvalue weighted by Gasteiger charge is -2.27. The lowest BCUT2D eigenvalue weighted by Crippen LogP contribution is -2.51. The molecule has 0 saturated carbocycles. The van der Waals surface area contributed by atoms with E-state index in [1.807, 2.05) is 6.07 Å². The molecule has 4 amide bonds. The molecule has 4 N–H and O–H groups in total. The SMILES string of the molecule is CNC(=O)C(C#N)=CC(CC1CCCNC1=O)NC(=O)C(Cc1ccc(F)cc1)NC(=O)c1cc(C)on1. The Morgan fingerprint density at radius 2 is 2.03 bits per heavy atom. The Morgan fingerprint density at radius 3 is 2.63 bits per heavy atom. The van der Waals surface area contributed by atoms with Gasteiger partial charge in [-0.2, -0.15) is 5.26 Å². The minimum Gasteiger partial charge on any atom is -0.361 e. The number of nitriles is 1. The van der Waals surface area contributed by atoms with Crippen LogP contribution in [0.1, 0.15) is 41.1 Å². The molecule has 0 spiro atoms. The van der Waals surface area contributed by atoms with Crippen LogP contribution in [0.5, 0.6) is 0 Å². The van der Waals surface area contributed by atoms with Gasteiger partial charge in [-0.1, -0.05) is 17.3 Å². The summed E-state index contributed by atoms with van der Waals surface area (Å²) in [6.45, 7) is 2.17. The largest absolute Gasteiger partial charge is 0.361 e. The van der Waals surface area contributed by atoms with Crippen molar-refractivity contribution in [1.29, 1.82) is 5.26 Å². The first-order valence-electron chi connectivity index (χ1n) is 12.1. The number of rotatable bonds is 10. The summed E-state index contributed by atoms with van der Waals surface area (Å²) in [5.74, 6) is -2.61. The van der Waals surface area contributed by atoms with Crippen molar-refractivity contribution in [2.45, 2.75) is 44.7 Å². The maximum atomic E-state index is 13.5. The summed E-state index contributed by atoms with van der Waals surface area (Å²) < 4.78 is 18.4. The maximum absolute atomic E-state index is 13.5. The van der Waals surface area contributed by atoms with Crippen molar-refractivity contribution >= 4 is 23.6 Å². The summed E-state index contributed by atoms with van der Waals surface area (Å²) in [5.41, 5.74) is 0.317. The minimum atomic E-state index is -1.13. The Kier molecular flexibility index (Phi) is 9.70. The molecular formula is C26H29FN6O5. The van der Waals surface area contributed by atoms with Crippen LogP contribution in [0.25, 0.3) is 0 Å². The number of likely N-dealkylation sites (N-methyl/N-ethyl adjacent to an activating group) is 1. The Bertz CT molecular complexity index is 1250. The van der Waals surface area contributed by atoms with Gasteiger partial charge in [0.05, 0.1) is 0 Å². The highest BCUT2D eigenvalue weighted by atomic mass is 19.1. The fourth-order valence-corrected chi connectivity index (χ4v) is 4.09. The maximum Gasteiger partial charge on any atom is 0.274 e. The second kappa shape index (κ2) is 13.1. The van der Waals surface area contributed by atoms with E-state index in [0.717, 1.165) is 6.42 Å². The van der Waals surface area contributed by atoms with E-state index in [2.05, 4.69) is 26.4 Å². The van der Waals surface area contributed by atoms with Crippen LogP contribution in [0, 0.1) is 30.0 Å². The van der Waals surface area contributed by atoms with Crippen molar-refractivity contribution < 1.29 is 28.1 Å². The standard InChI is InChI=1S/C26H29FN6O5/c1-15-10-22(33-38-15)26(37)32-21(11-16-5-7-19(27)8-6-16)25(36)31-20(13-18(14-28)23(34)29-2)12-17-4-3-9-30-24(17)35/h5-8,10,13,17,20-21H,3-4,9,11-12H2,1-2H3,(H,29,34)(H,30,35)(H,31,36)(H,32,37). The molecule has 1 aliphatic heterocycles. The van der Waals surface area contributed by atoms with Crippen LogP contribution in [-0.2, 0) is 20.8 Å².